The molecule has 0 fully saturated rings. The third-order valence-electron chi connectivity index (χ3n) is 2.94. The first-order chi connectivity index (χ1) is 10.4. The number of benzene rings is 2. The molecular formula is C15H14Br2N2O2S. The van der Waals surface area contributed by atoms with Crippen molar-refractivity contribution < 1.29 is 8.42 Å². The van der Waals surface area contributed by atoms with Crippen molar-refractivity contribution >= 4 is 47.6 Å². The van der Waals surface area contributed by atoms with Gasteiger partial charge in [-0.2, -0.15) is 18.4 Å². The first-order valence-corrected chi connectivity index (χ1v) is 9.79. The Labute approximate surface area is 146 Å². The Bertz CT molecular complexity index is 787. The first-order valence-electron chi connectivity index (χ1n) is 6.40. The second-order valence-corrected chi connectivity index (χ2v) is 7.66. The normalized spacial score (nSPS) is 12.2. The van der Waals surface area contributed by atoms with E-state index in [1.165, 1.54) is 0 Å². The van der Waals surface area contributed by atoms with Gasteiger partial charge in [0, 0.05) is 15.4 Å². The van der Waals surface area contributed by atoms with Crippen molar-refractivity contribution in [1.82, 2.24) is 4.83 Å². The Morgan fingerprint density at radius 3 is 2.36 bits per heavy atom. The maximum absolute atomic E-state index is 12.2. The van der Waals surface area contributed by atoms with Crippen LogP contribution in [-0.4, -0.2) is 19.5 Å². The Morgan fingerprint density at radius 1 is 1.14 bits per heavy atom. The summed E-state index contributed by atoms with van der Waals surface area (Å²) in [7, 11) is -3.68. The highest BCUT2D eigenvalue weighted by molar-refractivity contribution is 9.10. The largest absolute Gasteiger partial charge is 0.276 e. The van der Waals surface area contributed by atoms with E-state index < -0.39 is 10.0 Å². The van der Waals surface area contributed by atoms with Crippen LogP contribution in [0.1, 0.15) is 11.1 Å². The highest BCUT2D eigenvalue weighted by Crippen LogP contribution is 2.18. The maximum atomic E-state index is 12.2. The first kappa shape index (κ1) is 17.2. The molecule has 0 unspecified atom stereocenters. The second-order valence-electron chi connectivity index (χ2n) is 4.58. The van der Waals surface area contributed by atoms with Gasteiger partial charge in [0.25, 0.3) is 10.0 Å². The molecule has 0 heterocycles. The van der Waals surface area contributed by atoms with Crippen molar-refractivity contribution in [2.45, 2.75) is 11.8 Å². The molecule has 2 rings (SSSR count). The van der Waals surface area contributed by atoms with E-state index in [0.717, 1.165) is 15.6 Å². The predicted molar refractivity (Wildman–Crippen MR) is 96.0 cm³/mol. The van der Waals surface area contributed by atoms with Gasteiger partial charge in [0.15, 0.2) is 0 Å². The van der Waals surface area contributed by atoms with Crippen molar-refractivity contribution in [3.8, 4) is 0 Å². The monoisotopic (exact) mass is 444 g/mol. The molecule has 0 radical (unpaired) electrons. The molecule has 2 aromatic carbocycles. The minimum Gasteiger partial charge on any atom is -0.200 e. The van der Waals surface area contributed by atoms with E-state index in [1.807, 2.05) is 31.2 Å². The van der Waals surface area contributed by atoms with Crippen LogP contribution in [0.15, 0.2) is 63.0 Å². The van der Waals surface area contributed by atoms with Gasteiger partial charge in [-0.25, -0.2) is 0 Å². The van der Waals surface area contributed by atoms with Crippen LogP contribution in [0.5, 0.6) is 0 Å². The number of rotatable bonds is 5. The fourth-order valence-corrected chi connectivity index (χ4v) is 3.51. The SMILES string of the molecule is Cc1ccc(S(=O)(=O)N/N=C(\CBr)c2ccccc2Br)cc1. The zero-order valence-electron chi connectivity index (χ0n) is 11.8. The minimum absolute atomic E-state index is 0.183. The number of hydrogen-bond donors (Lipinski definition) is 1. The average Bonchev–Trinajstić information content (AvgIpc) is 2.50. The van der Waals surface area contributed by atoms with Crippen molar-refractivity contribution in [2.24, 2.45) is 5.10 Å². The molecule has 0 atom stereocenters. The van der Waals surface area contributed by atoms with E-state index >= 15 is 0 Å². The van der Waals surface area contributed by atoms with Gasteiger partial charge in [-0.05, 0) is 25.1 Å². The molecule has 0 saturated heterocycles. The Hall–Kier alpha value is -1.18. The lowest BCUT2D eigenvalue weighted by Gasteiger charge is -2.08. The molecule has 0 bridgehead atoms. The molecule has 0 spiro atoms. The standard InChI is InChI=1S/C15H14Br2N2O2S/c1-11-6-8-12(9-7-11)22(20,21)19-18-15(10-16)13-4-2-3-5-14(13)17/h2-9,19H,10H2,1H3/b18-15+. The molecule has 0 aliphatic heterocycles. The highest BCUT2D eigenvalue weighted by atomic mass is 79.9. The van der Waals surface area contributed by atoms with Gasteiger partial charge in [0.2, 0.25) is 0 Å². The summed E-state index contributed by atoms with van der Waals surface area (Å²) in [6, 6.07) is 14.1. The molecule has 0 aliphatic carbocycles. The number of halogens is 2. The quantitative estimate of drug-likeness (QED) is 0.431. The van der Waals surface area contributed by atoms with Crippen molar-refractivity contribution in [2.75, 3.05) is 5.33 Å². The van der Waals surface area contributed by atoms with Gasteiger partial charge >= 0.3 is 0 Å². The summed E-state index contributed by atoms with van der Waals surface area (Å²) >= 11 is 6.77. The second kappa shape index (κ2) is 7.39. The summed E-state index contributed by atoms with van der Waals surface area (Å²) in [6.07, 6.45) is 0. The zero-order valence-corrected chi connectivity index (χ0v) is 15.7. The Morgan fingerprint density at radius 2 is 1.77 bits per heavy atom. The molecule has 1 N–H and O–H groups in total. The van der Waals surface area contributed by atoms with Crippen LogP contribution in [0.2, 0.25) is 0 Å². The number of aryl methyl sites for hydroxylation is 1. The molecule has 116 valence electrons. The van der Waals surface area contributed by atoms with E-state index in [-0.39, 0.29) is 4.90 Å². The predicted octanol–water partition coefficient (Wildman–Crippen LogP) is 3.84. The zero-order chi connectivity index (χ0) is 16.2. The van der Waals surface area contributed by atoms with Gasteiger partial charge in [0.05, 0.1) is 10.6 Å². The highest BCUT2D eigenvalue weighted by Gasteiger charge is 2.14. The lowest BCUT2D eigenvalue weighted by Crippen LogP contribution is -2.21. The van der Waals surface area contributed by atoms with Crippen molar-refractivity contribution in [3.05, 3.63) is 64.1 Å². The number of nitrogens with zero attached hydrogens (tertiary/aromatic N) is 1. The van der Waals surface area contributed by atoms with Gasteiger partial charge in [0.1, 0.15) is 0 Å². The smallest absolute Gasteiger partial charge is 0.200 e. The van der Waals surface area contributed by atoms with E-state index in [1.54, 1.807) is 24.3 Å². The fourth-order valence-electron chi connectivity index (χ4n) is 1.74. The summed E-state index contributed by atoms with van der Waals surface area (Å²) in [5.74, 6) is 0. The molecule has 0 amide bonds. The van der Waals surface area contributed by atoms with Gasteiger partial charge in [-0.15, -0.1) is 0 Å². The van der Waals surface area contributed by atoms with Crippen LogP contribution < -0.4 is 4.83 Å². The third-order valence-corrected chi connectivity index (χ3v) is 5.39. The summed E-state index contributed by atoms with van der Waals surface area (Å²) in [5.41, 5.74) is 2.41. The van der Waals surface area contributed by atoms with Crippen molar-refractivity contribution in [1.29, 1.82) is 0 Å². The maximum Gasteiger partial charge on any atom is 0.276 e. The van der Waals surface area contributed by atoms with Crippen LogP contribution in [0.3, 0.4) is 0 Å². The summed E-state index contributed by atoms with van der Waals surface area (Å²) in [6.45, 7) is 1.90. The summed E-state index contributed by atoms with van der Waals surface area (Å²) in [5, 5.41) is 4.47. The molecule has 0 aromatic heterocycles. The molecule has 22 heavy (non-hydrogen) atoms. The number of hydrazone groups is 1. The summed E-state index contributed by atoms with van der Waals surface area (Å²) < 4.78 is 25.3. The number of sulfonamides is 1. The fraction of sp³-hybridized carbons (Fsp3) is 0.133. The van der Waals surface area contributed by atoms with E-state index in [4.69, 9.17) is 0 Å². The van der Waals surface area contributed by atoms with Gasteiger partial charge in [-0.3, -0.25) is 0 Å². The van der Waals surface area contributed by atoms with Crippen LogP contribution in [0.4, 0.5) is 0 Å². The van der Waals surface area contributed by atoms with E-state index in [2.05, 4.69) is 41.8 Å². The van der Waals surface area contributed by atoms with E-state index in [0.29, 0.717) is 11.0 Å². The summed E-state index contributed by atoms with van der Waals surface area (Å²) in [4.78, 5) is 2.46. The lowest BCUT2D eigenvalue weighted by atomic mass is 10.1. The van der Waals surface area contributed by atoms with Crippen LogP contribution in [0, 0.1) is 6.92 Å². The molecule has 0 saturated carbocycles. The number of nitrogens with one attached hydrogen (secondary N) is 1. The lowest BCUT2D eigenvalue weighted by molar-refractivity contribution is 0.584. The van der Waals surface area contributed by atoms with Gasteiger partial charge < -0.3 is 0 Å². The topological polar surface area (TPSA) is 58.5 Å². The van der Waals surface area contributed by atoms with Crippen LogP contribution in [0.25, 0.3) is 0 Å². The third kappa shape index (κ3) is 4.18. The Balaban J connectivity index is 2.28. The molecule has 4 nitrogen and oxygen atoms in total. The van der Waals surface area contributed by atoms with Gasteiger partial charge in [-0.1, -0.05) is 67.8 Å². The number of alkyl halides is 1. The Kier molecular flexibility index (Phi) is 5.77. The molecular weight excluding hydrogens is 432 g/mol. The number of hydrogen-bond acceptors (Lipinski definition) is 3. The molecule has 0 aliphatic rings. The van der Waals surface area contributed by atoms with Crippen molar-refractivity contribution in [3.63, 3.8) is 0 Å². The van der Waals surface area contributed by atoms with Crippen LogP contribution >= 0.6 is 31.9 Å². The average molecular weight is 446 g/mol. The van der Waals surface area contributed by atoms with E-state index in [9.17, 15) is 8.42 Å². The molecule has 7 heteroatoms. The minimum atomic E-state index is -3.68. The van der Waals surface area contributed by atoms with Crippen LogP contribution in [-0.2, 0) is 10.0 Å². The molecule has 2 aromatic rings.